The summed E-state index contributed by atoms with van der Waals surface area (Å²) in [4.78, 5) is 26.8. The Kier molecular flexibility index (Phi) is 6.08. The van der Waals surface area contributed by atoms with E-state index in [1.807, 2.05) is 54.6 Å². The first kappa shape index (κ1) is 18.9. The molecule has 2 N–H and O–H groups in total. The molecule has 0 radical (unpaired) electrons. The van der Waals surface area contributed by atoms with Crippen LogP contribution in [-0.2, 0) is 4.79 Å². The van der Waals surface area contributed by atoms with Crippen LogP contribution in [0.2, 0.25) is 0 Å². The molecule has 2 aromatic rings. The molecule has 27 heavy (non-hydrogen) atoms. The predicted octanol–water partition coefficient (Wildman–Crippen LogP) is 3.03. The van der Waals surface area contributed by atoms with E-state index in [9.17, 15) is 9.59 Å². The second-order valence-corrected chi connectivity index (χ2v) is 6.55. The van der Waals surface area contributed by atoms with Gasteiger partial charge >= 0.3 is 6.03 Å². The number of likely N-dealkylation sites (tertiary alicyclic amines) is 1. The van der Waals surface area contributed by atoms with Gasteiger partial charge in [0.15, 0.2) is 0 Å². The Labute approximate surface area is 159 Å². The second kappa shape index (κ2) is 8.68. The lowest BCUT2D eigenvalue weighted by molar-refractivity contribution is -0.126. The van der Waals surface area contributed by atoms with Crippen LogP contribution < -0.4 is 15.4 Å². The van der Waals surface area contributed by atoms with Crippen molar-refractivity contribution in [3.8, 4) is 5.75 Å². The quantitative estimate of drug-likeness (QED) is 0.852. The van der Waals surface area contributed by atoms with Crippen LogP contribution in [0.4, 0.5) is 4.79 Å². The molecule has 142 valence electrons. The third kappa shape index (κ3) is 4.28. The van der Waals surface area contributed by atoms with E-state index in [0.717, 1.165) is 36.3 Å². The average Bonchev–Trinajstić information content (AvgIpc) is 3.18. The number of benzene rings is 2. The summed E-state index contributed by atoms with van der Waals surface area (Å²) in [5.41, 5.74) is 2.02. The SMILES string of the molecule is CNC(=O)NC(=O)[C@H](c1ccccc1)N1CCC[C@H]1c1ccc(OC)cc1. The highest BCUT2D eigenvalue weighted by atomic mass is 16.5. The van der Waals surface area contributed by atoms with Crippen molar-refractivity contribution in [2.24, 2.45) is 0 Å². The van der Waals surface area contributed by atoms with Gasteiger partial charge in [-0.05, 0) is 42.6 Å². The van der Waals surface area contributed by atoms with Gasteiger partial charge in [-0.1, -0.05) is 42.5 Å². The van der Waals surface area contributed by atoms with Gasteiger partial charge in [-0.15, -0.1) is 0 Å². The van der Waals surface area contributed by atoms with Crippen molar-refractivity contribution in [2.45, 2.75) is 24.9 Å². The monoisotopic (exact) mass is 367 g/mol. The molecule has 6 nitrogen and oxygen atoms in total. The number of urea groups is 1. The molecule has 0 aromatic heterocycles. The molecule has 2 atom stereocenters. The van der Waals surface area contributed by atoms with Gasteiger partial charge in [0.05, 0.1) is 7.11 Å². The van der Waals surface area contributed by atoms with Crippen LogP contribution in [0, 0.1) is 0 Å². The molecular weight excluding hydrogens is 342 g/mol. The van der Waals surface area contributed by atoms with E-state index in [1.54, 1.807) is 7.11 Å². The summed E-state index contributed by atoms with van der Waals surface area (Å²) in [6.07, 6.45) is 1.95. The zero-order chi connectivity index (χ0) is 19.2. The van der Waals surface area contributed by atoms with E-state index in [-0.39, 0.29) is 11.9 Å². The lowest BCUT2D eigenvalue weighted by Crippen LogP contribution is -2.45. The molecule has 0 unspecified atom stereocenters. The molecule has 0 spiro atoms. The van der Waals surface area contributed by atoms with Gasteiger partial charge in [-0.25, -0.2) is 4.79 Å². The van der Waals surface area contributed by atoms with E-state index in [0.29, 0.717) is 0 Å². The Morgan fingerprint density at radius 1 is 1.11 bits per heavy atom. The van der Waals surface area contributed by atoms with Crippen LogP contribution >= 0.6 is 0 Å². The molecule has 0 aliphatic carbocycles. The van der Waals surface area contributed by atoms with Crippen molar-refractivity contribution in [3.63, 3.8) is 0 Å². The second-order valence-electron chi connectivity index (χ2n) is 6.55. The molecular formula is C21H25N3O3. The Balaban J connectivity index is 1.92. The maximum atomic E-state index is 12.9. The van der Waals surface area contributed by atoms with Crippen LogP contribution in [0.1, 0.15) is 36.1 Å². The normalized spacial score (nSPS) is 17.9. The van der Waals surface area contributed by atoms with E-state index in [4.69, 9.17) is 4.74 Å². The molecule has 1 fully saturated rings. The fraction of sp³-hybridized carbons (Fsp3) is 0.333. The van der Waals surface area contributed by atoms with Gasteiger partial charge < -0.3 is 10.1 Å². The van der Waals surface area contributed by atoms with E-state index in [2.05, 4.69) is 15.5 Å². The molecule has 1 heterocycles. The number of imide groups is 1. The Hall–Kier alpha value is -2.86. The third-order valence-corrected chi connectivity index (χ3v) is 4.95. The summed E-state index contributed by atoms with van der Waals surface area (Å²) in [6.45, 7) is 0.789. The highest BCUT2D eigenvalue weighted by Crippen LogP contribution is 2.39. The summed E-state index contributed by atoms with van der Waals surface area (Å²) in [5.74, 6) is 0.487. The average molecular weight is 367 g/mol. The van der Waals surface area contributed by atoms with Crippen molar-refractivity contribution in [3.05, 3.63) is 65.7 Å². The van der Waals surface area contributed by atoms with Crippen molar-refractivity contribution in [1.82, 2.24) is 15.5 Å². The molecule has 3 amide bonds. The van der Waals surface area contributed by atoms with Crippen LogP contribution in [0.5, 0.6) is 5.75 Å². The number of amides is 3. The highest BCUT2D eigenvalue weighted by Gasteiger charge is 2.37. The lowest BCUT2D eigenvalue weighted by Gasteiger charge is -2.32. The van der Waals surface area contributed by atoms with Crippen LogP contribution in [0.25, 0.3) is 0 Å². The van der Waals surface area contributed by atoms with Gasteiger partial charge in [-0.2, -0.15) is 0 Å². The molecule has 3 rings (SSSR count). The summed E-state index contributed by atoms with van der Waals surface area (Å²) in [6, 6.07) is 16.6. The third-order valence-electron chi connectivity index (χ3n) is 4.95. The van der Waals surface area contributed by atoms with E-state index < -0.39 is 12.1 Å². The van der Waals surface area contributed by atoms with Crippen LogP contribution in [0.3, 0.4) is 0 Å². The minimum Gasteiger partial charge on any atom is -0.497 e. The summed E-state index contributed by atoms with van der Waals surface area (Å²) in [7, 11) is 3.14. The number of rotatable bonds is 5. The summed E-state index contributed by atoms with van der Waals surface area (Å²) >= 11 is 0. The number of nitrogens with one attached hydrogen (secondary N) is 2. The van der Waals surface area contributed by atoms with Gasteiger partial charge in [0.1, 0.15) is 11.8 Å². The topological polar surface area (TPSA) is 70.7 Å². The molecule has 1 saturated heterocycles. The fourth-order valence-electron chi connectivity index (χ4n) is 3.65. The number of hydrogen-bond donors (Lipinski definition) is 2. The Bertz CT molecular complexity index is 777. The predicted molar refractivity (Wildman–Crippen MR) is 103 cm³/mol. The number of carbonyl (C=O) groups is 2. The van der Waals surface area contributed by atoms with Gasteiger partial charge in [0, 0.05) is 13.1 Å². The van der Waals surface area contributed by atoms with Crippen molar-refractivity contribution in [1.29, 1.82) is 0 Å². The number of nitrogens with zero attached hydrogens (tertiary/aromatic N) is 1. The number of methoxy groups -OCH3 is 1. The molecule has 1 aliphatic rings. The van der Waals surface area contributed by atoms with Crippen LogP contribution in [0.15, 0.2) is 54.6 Å². The zero-order valence-electron chi connectivity index (χ0n) is 15.6. The Morgan fingerprint density at radius 3 is 2.44 bits per heavy atom. The van der Waals surface area contributed by atoms with Crippen molar-refractivity contribution in [2.75, 3.05) is 20.7 Å². The first-order valence-electron chi connectivity index (χ1n) is 9.11. The fourth-order valence-corrected chi connectivity index (χ4v) is 3.65. The first-order chi connectivity index (χ1) is 13.1. The molecule has 6 heteroatoms. The summed E-state index contributed by atoms with van der Waals surface area (Å²) in [5, 5.41) is 4.89. The minimum atomic E-state index is -0.530. The summed E-state index contributed by atoms with van der Waals surface area (Å²) < 4.78 is 5.25. The lowest BCUT2D eigenvalue weighted by atomic mass is 9.99. The zero-order valence-corrected chi connectivity index (χ0v) is 15.6. The maximum absolute atomic E-state index is 12.9. The number of carbonyl (C=O) groups excluding carboxylic acids is 2. The van der Waals surface area contributed by atoms with Crippen molar-refractivity contribution >= 4 is 11.9 Å². The van der Waals surface area contributed by atoms with E-state index >= 15 is 0 Å². The molecule has 0 bridgehead atoms. The van der Waals surface area contributed by atoms with Crippen molar-refractivity contribution < 1.29 is 14.3 Å². The first-order valence-corrected chi connectivity index (χ1v) is 9.11. The number of ether oxygens (including phenoxy) is 1. The Morgan fingerprint density at radius 2 is 1.81 bits per heavy atom. The van der Waals surface area contributed by atoms with Gasteiger partial charge in [0.2, 0.25) is 5.91 Å². The van der Waals surface area contributed by atoms with Gasteiger partial charge in [0.25, 0.3) is 0 Å². The largest absolute Gasteiger partial charge is 0.497 e. The molecule has 1 aliphatic heterocycles. The minimum absolute atomic E-state index is 0.108. The highest BCUT2D eigenvalue weighted by molar-refractivity contribution is 5.97. The number of hydrogen-bond acceptors (Lipinski definition) is 4. The van der Waals surface area contributed by atoms with Gasteiger partial charge in [-0.3, -0.25) is 15.0 Å². The maximum Gasteiger partial charge on any atom is 0.321 e. The smallest absolute Gasteiger partial charge is 0.321 e. The molecule has 0 saturated carbocycles. The van der Waals surface area contributed by atoms with Crippen LogP contribution in [-0.4, -0.2) is 37.5 Å². The van der Waals surface area contributed by atoms with E-state index in [1.165, 1.54) is 7.05 Å². The standard InChI is InChI=1S/C21H25N3O3/c1-22-21(26)23-20(25)19(16-7-4-3-5-8-16)24-14-6-9-18(24)15-10-12-17(27-2)13-11-15/h3-5,7-8,10-13,18-19H,6,9,14H2,1-2H3,(H2,22,23,25,26)/t18-,19-/m0/s1. The molecule has 2 aromatic carbocycles.